The van der Waals surface area contributed by atoms with Crippen molar-refractivity contribution >= 4 is 56.4 Å². The molecule has 2 amide bonds. The average Bonchev–Trinajstić information content (AvgIpc) is 3.44. The summed E-state index contributed by atoms with van der Waals surface area (Å²) in [6.07, 6.45) is -1.56. The van der Waals surface area contributed by atoms with Gasteiger partial charge in [0.1, 0.15) is 22.3 Å². The Kier molecular flexibility index (Phi) is 8.04. The van der Waals surface area contributed by atoms with Crippen molar-refractivity contribution < 1.29 is 31.7 Å². The number of carbonyl (C=O) groups is 2. The molecule has 0 radical (unpaired) electrons. The van der Waals surface area contributed by atoms with Crippen molar-refractivity contribution in [2.75, 3.05) is 33.4 Å². The number of halogens is 4. The number of amidine groups is 1. The maximum Gasteiger partial charge on any atom is 0.416 e. The van der Waals surface area contributed by atoms with Gasteiger partial charge in [0.25, 0.3) is 5.91 Å². The number of alkyl halides is 3. The van der Waals surface area contributed by atoms with E-state index in [4.69, 9.17) is 16.3 Å². The first-order valence-electron chi connectivity index (χ1n) is 12.6. The first kappa shape index (κ1) is 29.0. The van der Waals surface area contributed by atoms with Crippen molar-refractivity contribution in [3.8, 4) is 0 Å². The summed E-state index contributed by atoms with van der Waals surface area (Å²) in [4.78, 5) is 32.4. The average molecular weight is 608 g/mol. The van der Waals surface area contributed by atoms with E-state index in [1.165, 1.54) is 36.2 Å². The normalized spacial score (nSPS) is 20.8. The number of rotatable bonds is 5. The summed E-state index contributed by atoms with van der Waals surface area (Å²) >= 11 is 5.79. The zero-order chi connectivity index (χ0) is 29.5. The van der Waals surface area contributed by atoms with Gasteiger partial charge in [-0.3, -0.25) is 14.3 Å². The van der Waals surface area contributed by atoms with E-state index in [0.717, 1.165) is 6.07 Å². The molecule has 0 saturated carbocycles. The van der Waals surface area contributed by atoms with E-state index in [9.17, 15) is 27.0 Å². The highest BCUT2D eigenvalue weighted by Gasteiger charge is 2.38. The second-order valence-electron chi connectivity index (χ2n) is 9.71. The number of hydrogen-bond acceptors (Lipinski definition) is 6. The van der Waals surface area contributed by atoms with Crippen LogP contribution in [0.1, 0.15) is 23.6 Å². The molecule has 216 valence electrons. The van der Waals surface area contributed by atoms with E-state index in [-0.39, 0.29) is 45.8 Å². The van der Waals surface area contributed by atoms with Crippen molar-refractivity contribution in [3.63, 3.8) is 0 Å². The van der Waals surface area contributed by atoms with Crippen LogP contribution in [0.25, 0.3) is 17.0 Å². The molecule has 1 aromatic heterocycles. The van der Waals surface area contributed by atoms with Crippen LogP contribution < -0.4 is 0 Å². The highest BCUT2D eigenvalue weighted by molar-refractivity contribution is 8.05. The molecule has 0 N–H and O–H groups in total. The molecule has 3 heterocycles. The SMILES string of the molecule is COCC(=O)N1CCN(C2=NC(=O)C(=Cc3ccc4c(cnn4Cc4ccc(Cl)cc4C(F)(F)F)c3)S2=O)[C@H](C)C1. The van der Waals surface area contributed by atoms with Crippen molar-refractivity contribution in [2.24, 2.45) is 4.99 Å². The molecule has 2 aliphatic heterocycles. The number of ether oxygens (including phenoxy) is 1. The van der Waals surface area contributed by atoms with Gasteiger partial charge in [-0.25, -0.2) is 4.21 Å². The topological polar surface area (TPSA) is 97.1 Å². The van der Waals surface area contributed by atoms with Crippen LogP contribution in [0.3, 0.4) is 0 Å². The molecular formula is C27H25ClF3N5O4S. The second kappa shape index (κ2) is 11.4. The maximum atomic E-state index is 13.5. The van der Waals surface area contributed by atoms with Gasteiger partial charge in [-0.15, -0.1) is 0 Å². The highest BCUT2D eigenvalue weighted by atomic mass is 35.5. The van der Waals surface area contributed by atoms with Crippen molar-refractivity contribution in [1.82, 2.24) is 19.6 Å². The Labute approximate surface area is 240 Å². The minimum atomic E-state index is -4.57. The Morgan fingerprint density at radius 2 is 2.00 bits per heavy atom. The molecule has 9 nitrogen and oxygen atoms in total. The fraction of sp³-hybridized carbons (Fsp3) is 0.333. The van der Waals surface area contributed by atoms with Gasteiger partial charge in [0.05, 0.1) is 23.8 Å². The van der Waals surface area contributed by atoms with E-state index in [1.54, 1.807) is 28.0 Å². The first-order chi connectivity index (χ1) is 19.5. The Balaban J connectivity index is 1.34. The monoisotopic (exact) mass is 607 g/mol. The Morgan fingerprint density at radius 3 is 2.71 bits per heavy atom. The van der Waals surface area contributed by atoms with Crippen LogP contribution in [0.4, 0.5) is 13.2 Å². The van der Waals surface area contributed by atoms with E-state index in [0.29, 0.717) is 36.1 Å². The summed E-state index contributed by atoms with van der Waals surface area (Å²) in [5.41, 5.74) is 0.342. The third kappa shape index (κ3) is 5.92. The zero-order valence-corrected chi connectivity index (χ0v) is 23.6. The third-order valence-electron chi connectivity index (χ3n) is 6.93. The predicted molar refractivity (Wildman–Crippen MR) is 148 cm³/mol. The minimum Gasteiger partial charge on any atom is -0.375 e. The third-order valence-corrected chi connectivity index (χ3v) is 8.51. The van der Waals surface area contributed by atoms with Crippen molar-refractivity contribution in [2.45, 2.75) is 25.7 Å². The van der Waals surface area contributed by atoms with E-state index >= 15 is 0 Å². The lowest BCUT2D eigenvalue weighted by molar-refractivity contribution is -0.138. The van der Waals surface area contributed by atoms with Crippen LogP contribution in [0.2, 0.25) is 5.02 Å². The summed E-state index contributed by atoms with van der Waals surface area (Å²) in [6.45, 7) is 2.86. The molecule has 1 saturated heterocycles. The summed E-state index contributed by atoms with van der Waals surface area (Å²) < 4.78 is 60.3. The lowest BCUT2D eigenvalue weighted by Gasteiger charge is -2.40. The standard InChI is InChI=1S/C27H25ClF3N5O4S/c1-16-13-34(24(37)15-40-2)7-8-35(16)26-33-25(38)23(41(26)39)10-17-3-6-22-19(9-17)12-32-36(22)14-18-4-5-20(28)11-21(18)27(29,30)31/h3-6,9-12,16H,7-8,13-15H2,1-2H3/t16-,41?/m1/s1. The van der Waals surface area contributed by atoms with Gasteiger partial charge in [0.15, 0.2) is 0 Å². The summed E-state index contributed by atoms with van der Waals surface area (Å²) in [6, 6.07) is 8.48. The van der Waals surface area contributed by atoms with E-state index in [2.05, 4.69) is 10.1 Å². The number of aliphatic imine (C=N–C) groups is 1. The number of fused-ring (bicyclic) bond motifs is 1. The van der Waals surface area contributed by atoms with E-state index < -0.39 is 28.4 Å². The molecular weight excluding hydrogens is 583 g/mol. The lowest BCUT2D eigenvalue weighted by Crippen LogP contribution is -2.56. The summed E-state index contributed by atoms with van der Waals surface area (Å²) in [5.74, 6) is -0.751. The quantitative estimate of drug-likeness (QED) is 0.408. The molecule has 5 rings (SSSR count). The van der Waals surface area contributed by atoms with Crippen LogP contribution in [-0.2, 0) is 37.8 Å². The molecule has 41 heavy (non-hydrogen) atoms. The molecule has 3 aromatic rings. The smallest absolute Gasteiger partial charge is 0.375 e. The second-order valence-corrected chi connectivity index (χ2v) is 11.5. The summed E-state index contributed by atoms with van der Waals surface area (Å²) in [5, 5.41) is 5.03. The molecule has 2 aliphatic rings. The van der Waals surface area contributed by atoms with Crippen LogP contribution in [0.5, 0.6) is 0 Å². The number of hydrogen-bond donors (Lipinski definition) is 0. The van der Waals surface area contributed by atoms with Gasteiger partial charge in [-0.1, -0.05) is 23.7 Å². The number of piperazine rings is 1. The molecule has 14 heteroatoms. The molecule has 1 unspecified atom stereocenters. The largest absolute Gasteiger partial charge is 0.416 e. The fourth-order valence-corrected chi connectivity index (χ4v) is 6.38. The maximum absolute atomic E-state index is 13.5. The van der Waals surface area contributed by atoms with Gasteiger partial charge in [0, 0.05) is 43.2 Å². The van der Waals surface area contributed by atoms with Crippen molar-refractivity contribution in [1.29, 1.82) is 0 Å². The van der Waals surface area contributed by atoms with Gasteiger partial charge in [0.2, 0.25) is 11.1 Å². The molecule has 1 fully saturated rings. The number of aromatic nitrogens is 2. The van der Waals surface area contributed by atoms with Crippen molar-refractivity contribution in [3.05, 3.63) is 69.2 Å². The first-order valence-corrected chi connectivity index (χ1v) is 14.1. The van der Waals surface area contributed by atoms with Crippen LogP contribution in [0.15, 0.2) is 52.5 Å². The Bertz CT molecular complexity index is 1620. The molecule has 0 aliphatic carbocycles. The number of benzene rings is 2. The van der Waals surface area contributed by atoms with Crippen LogP contribution in [0, 0.1) is 0 Å². The van der Waals surface area contributed by atoms with Crippen LogP contribution in [-0.4, -0.2) is 80.2 Å². The Hall–Kier alpha value is -3.55. The molecule has 2 aromatic carbocycles. The number of carbonyl (C=O) groups excluding carboxylic acids is 2. The molecule has 2 atom stereocenters. The van der Waals surface area contributed by atoms with Gasteiger partial charge < -0.3 is 14.5 Å². The minimum absolute atomic E-state index is 0.0102. The highest BCUT2D eigenvalue weighted by Crippen LogP contribution is 2.34. The summed E-state index contributed by atoms with van der Waals surface area (Å²) in [7, 11) is -0.369. The molecule has 0 spiro atoms. The zero-order valence-electron chi connectivity index (χ0n) is 22.0. The van der Waals surface area contributed by atoms with Gasteiger partial charge >= 0.3 is 6.18 Å². The lowest BCUT2D eigenvalue weighted by atomic mass is 10.1. The number of nitrogens with zero attached hydrogens (tertiary/aromatic N) is 5. The Morgan fingerprint density at radius 1 is 1.22 bits per heavy atom. The van der Waals surface area contributed by atoms with Gasteiger partial charge in [-0.05, 0) is 48.4 Å². The van der Waals surface area contributed by atoms with Crippen LogP contribution >= 0.6 is 11.6 Å². The predicted octanol–water partition coefficient (Wildman–Crippen LogP) is 3.92. The fourth-order valence-electron chi connectivity index (χ4n) is 4.91. The molecule has 0 bridgehead atoms. The van der Waals surface area contributed by atoms with Gasteiger partial charge in [-0.2, -0.15) is 23.3 Å². The number of methoxy groups -OCH3 is 1. The number of amides is 2. The van der Waals surface area contributed by atoms with E-state index in [1.807, 2.05) is 6.92 Å².